The van der Waals surface area contributed by atoms with Gasteiger partial charge in [0.05, 0.1) is 22.3 Å². The minimum absolute atomic E-state index is 0.00496. The SMILES string of the molecule is O=C(NCCCn1cnc2ccccc21)c1ccc(S(=O)(=O)Nc2ccc(F)cc2)cc1. The van der Waals surface area contributed by atoms with Crippen molar-refractivity contribution in [1.29, 1.82) is 0 Å². The maximum absolute atomic E-state index is 13.0. The maximum atomic E-state index is 13.0. The second-order valence-electron chi connectivity index (χ2n) is 7.17. The molecular weight excluding hydrogens is 431 g/mol. The zero-order valence-corrected chi connectivity index (χ0v) is 17.8. The highest BCUT2D eigenvalue weighted by atomic mass is 32.2. The number of sulfonamides is 1. The minimum atomic E-state index is -3.85. The fourth-order valence-electron chi connectivity index (χ4n) is 3.26. The van der Waals surface area contributed by atoms with Gasteiger partial charge < -0.3 is 9.88 Å². The van der Waals surface area contributed by atoms with Crippen LogP contribution in [0.15, 0.2) is 84.0 Å². The van der Waals surface area contributed by atoms with Gasteiger partial charge in [0, 0.05) is 24.3 Å². The Bertz CT molecular complexity index is 1330. The van der Waals surface area contributed by atoms with Crippen LogP contribution in [0.1, 0.15) is 16.8 Å². The summed E-state index contributed by atoms with van der Waals surface area (Å²) < 4.78 is 42.3. The van der Waals surface area contributed by atoms with E-state index in [-0.39, 0.29) is 16.5 Å². The Morgan fingerprint density at radius 3 is 2.44 bits per heavy atom. The van der Waals surface area contributed by atoms with Crippen molar-refractivity contribution in [1.82, 2.24) is 14.9 Å². The van der Waals surface area contributed by atoms with E-state index in [9.17, 15) is 17.6 Å². The first-order valence-electron chi connectivity index (χ1n) is 9.99. The van der Waals surface area contributed by atoms with Crippen LogP contribution in [0.5, 0.6) is 0 Å². The number of imidazole rings is 1. The van der Waals surface area contributed by atoms with Crippen LogP contribution in [0.2, 0.25) is 0 Å². The molecule has 0 saturated carbocycles. The van der Waals surface area contributed by atoms with Gasteiger partial charge in [-0.3, -0.25) is 9.52 Å². The monoisotopic (exact) mass is 452 g/mol. The first-order valence-corrected chi connectivity index (χ1v) is 11.5. The Labute approximate surface area is 185 Å². The van der Waals surface area contributed by atoms with Gasteiger partial charge in [0.2, 0.25) is 0 Å². The lowest BCUT2D eigenvalue weighted by atomic mass is 10.2. The maximum Gasteiger partial charge on any atom is 0.261 e. The van der Waals surface area contributed by atoms with Gasteiger partial charge >= 0.3 is 0 Å². The topological polar surface area (TPSA) is 93.1 Å². The number of benzene rings is 3. The lowest BCUT2D eigenvalue weighted by molar-refractivity contribution is 0.0952. The molecule has 4 aromatic rings. The number of carbonyl (C=O) groups is 1. The number of halogens is 1. The van der Waals surface area contributed by atoms with Crippen LogP contribution in [0.4, 0.5) is 10.1 Å². The van der Waals surface area contributed by atoms with Gasteiger partial charge in [-0.15, -0.1) is 0 Å². The van der Waals surface area contributed by atoms with Gasteiger partial charge in [0.25, 0.3) is 15.9 Å². The summed E-state index contributed by atoms with van der Waals surface area (Å²) in [7, 11) is -3.85. The van der Waals surface area contributed by atoms with Crippen molar-refractivity contribution in [3.8, 4) is 0 Å². The lowest BCUT2D eigenvalue weighted by Crippen LogP contribution is -2.25. The van der Waals surface area contributed by atoms with Crippen molar-refractivity contribution >= 4 is 32.7 Å². The van der Waals surface area contributed by atoms with Crippen molar-refractivity contribution in [3.63, 3.8) is 0 Å². The molecule has 9 heteroatoms. The second kappa shape index (κ2) is 9.19. The number of aryl methyl sites for hydroxylation is 1. The molecule has 0 aliphatic heterocycles. The van der Waals surface area contributed by atoms with Crippen LogP contribution in [0.25, 0.3) is 11.0 Å². The fourth-order valence-corrected chi connectivity index (χ4v) is 4.32. The Balaban J connectivity index is 1.31. The molecule has 0 aliphatic rings. The van der Waals surface area contributed by atoms with Crippen molar-refractivity contribution in [2.24, 2.45) is 0 Å². The summed E-state index contributed by atoms with van der Waals surface area (Å²) in [5.74, 6) is -0.738. The quantitative estimate of drug-likeness (QED) is 0.398. The molecule has 0 atom stereocenters. The van der Waals surface area contributed by atoms with Crippen molar-refractivity contribution < 1.29 is 17.6 Å². The predicted molar refractivity (Wildman–Crippen MR) is 120 cm³/mol. The molecule has 2 N–H and O–H groups in total. The van der Waals surface area contributed by atoms with Crippen LogP contribution in [0.3, 0.4) is 0 Å². The highest BCUT2D eigenvalue weighted by Gasteiger charge is 2.15. The Morgan fingerprint density at radius 1 is 0.969 bits per heavy atom. The van der Waals surface area contributed by atoms with Crippen molar-refractivity contribution in [3.05, 3.63) is 90.5 Å². The van der Waals surface area contributed by atoms with E-state index in [1.807, 2.05) is 28.8 Å². The predicted octanol–water partition coefficient (Wildman–Crippen LogP) is 3.80. The second-order valence-corrected chi connectivity index (χ2v) is 8.86. The molecular formula is C23H21FN4O3S. The number of fused-ring (bicyclic) bond motifs is 1. The van der Waals surface area contributed by atoms with E-state index in [0.29, 0.717) is 18.7 Å². The van der Waals surface area contributed by atoms with E-state index >= 15 is 0 Å². The molecule has 32 heavy (non-hydrogen) atoms. The lowest BCUT2D eigenvalue weighted by Gasteiger charge is -2.09. The standard InChI is InChI=1S/C23H21FN4O3S/c24-18-8-10-19(11-9-18)27-32(30,31)20-12-6-17(7-13-20)23(29)25-14-3-15-28-16-26-21-4-1-2-5-22(21)28/h1-2,4-13,16,27H,3,14-15H2,(H,25,29). The normalized spacial score (nSPS) is 11.4. The molecule has 0 radical (unpaired) electrons. The number of hydrogen-bond acceptors (Lipinski definition) is 4. The van der Waals surface area contributed by atoms with Crippen LogP contribution in [0, 0.1) is 5.82 Å². The van der Waals surface area contributed by atoms with Crippen molar-refractivity contribution in [2.75, 3.05) is 11.3 Å². The molecule has 7 nitrogen and oxygen atoms in total. The van der Waals surface area contributed by atoms with Gasteiger partial charge in [0.1, 0.15) is 5.82 Å². The molecule has 1 amide bonds. The molecule has 0 bridgehead atoms. The molecule has 0 saturated heterocycles. The zero-order valence-electron chi connectivity index (χ0n) is 17.0. The average Bonchev–Trinajstić information content (AvgIpc) is 3.21. The first kappa shape index (κ1) is 21.5. The number of nitrogens with zero attached hydrogens (tertiary/aromatic N) is 2. The van der Waals surface area contributed by atoms with Crippen molar-refractivity contribution in [2.45, 2.75) is 17.9 Å². The number of anilines is 1. The molecule has 0 fully saturated rings. The Hall–Kier alpha value is -3.72. The van der Waals surface area contributed by atoms with Gasteiger partial charge in [0.15, 0.2) is 0 Å². The number of nitrogens with one attached hydrogen (secondary N) is 2. The van der Waals surface area contributed by atoms with Crippen LogP contribution in [-0.2, 0) is 16.6 Å². The van der Waals surface area contributed by atoms with Gasteiger partial charge in [-0.25, -0.2) is 17.8 Å². The Kier molecular flexibility index (Phi) is 6.18. The summed E-state index contributed by atoms with van der Waals surface area (Å²) in [5, 5.41) is 2.84. The van der Waals surface area contributed by atoms with Crippen LogP contribution < -0.4 is 10.0 Å². The number of carbonyl (C=O) groups excluding carboxylic acids is 1. The van der Waals surface area contributed by atoms with E-state index in [1.165, 1.54) is 48.5 Å². The first-order chi connectivity index (χ1) is 15.4. The third kappa shape index (κ3) is 4.94. The summed E-state index contributed by atoms with van der Waals surface area (Å²) in [5.41, 5.74) is 2.59. The highest BCUT2D eigenvalue weighted by Crippen LogP contribution is 2.17. The minimum Gasteiger partial charge on any atom is -0.352 e. The number of rotatable bonds is 8. The van der Waals surface area contributed by atoms with Crippen LogP contribution in [-0.4, -0.2) is 30.4 Å². The molecule has 0 aliphatic carbocycles. The summed E-state index contributed by atoms with van der Waals surface area (Å²) in [4.78, 5) is 16.7. The zero-order chi connectivity index (χ0) is 22.6. The summed E-state index contributed by atoms with van der Waals surface area (Å²) in [6.45, 7) is 1.19. The highest BCUT2D eigenvalue weighted by molar-refractivity contribution is 7.92. The molecule has 4 rings (SSSR count). The van der Waals surface area contributed by atoms with E-state index in [2.05, 4.69) is 15.0 Å². The smallest absolute Gasteiger partial charge is 0.261 e. The third-order valence-corrected chi connectivity index (χ3v) is 6.31. The molecule has 1 aromatic heterocycles. The molecule has 164 valence electrons. The largest absolute Gasteiger partial charge is 0.352 e. The van der Waals surface area contributed by atoms with Gasteiger partial charge in [-0.1, -0.05) is 12.1 Å². The summed E-state index contributed by atoms with van der Waals surface area (Å²) in [6, 6.07) is 18.5. The molecule has 1 heterocycles. The molecule has 3 aromatic carbocycles. The fraction of sp³-hybridized carbons (Fsp3) is 0.130. The van der Waals surface area contributed by atoms with E-state index in [1.54, 1.807) is 6.33 Å². The van der Waals surface area contributed by atoms with E-state index in [4.69, 9.17) is 0 Å². The number of hydrogen-bond donors (Lipinski definition) is 2. The summed E-state index contributed by atoms with van der Waals surface area (Å²) >= 11 is 0. The van der Waals surface area contributed by atoms with Crippen LogP contribution >= 0.6 is 0 Å². The average molecular weight is 453 g/mol. The number of para-hydroxylation sites is 2. The van der Waals surface area contributed by atoms with E-state index in [0.717, 1.165) is 17.5 Å². The van der Waals surface area contributed by atoms with E-state index < -0.39 is 15.8 Å². The molecule has 0 spiro atoms. The Morgan fingerprint density at radius 2 is 1.69 bits per heavy atom. The van der Waals surface area contributed by atoms with Gasteiger partial charge in [-0.05, 0) is 67.1 Å². The molecule has 0 unspecified atom stereocenters. The summed E-state index contributed by atoms with van der Waals surface area (Å²) in [6.07, 6.45) is 2.51. The number of amides is 1. The number of aromatic nitrogens is 2. The van der Waals surface area contributed by atoms with Gasteiger partial charge in [-0.2, -0.15) is 0 Å². The third-order valence-electron chi connectivity index (χ3n) is 4.91.